The van der Waals surface area contributed by atoms with Crippen LogP contribution >= 0.6 is 11.6 Å². The number of nitrogens with one attached hydrogen (secondary N) is 1. The Hall–Kier alpha value is -3.41. The van der Waals surface area contributed by atoms with E-state index in [0.717, 1.165) is 43.0 Å². The van der Waals surface area contributed by atoms with E-state index in [9.17, 15) is 5.26 Å². The molecule has 2 heterocycles. The number of aromatic nitrogens is 1. The van der Waals surface area contributed by atoms with E-state index in [4.69, 9.17) is 30.2 Å². The minimum absolute atomic E-state index is 0.00856. The summed E-state index contributed by atoms with van der Waals surface area (Å²) in [6, 6.07) is 14.9. The van der Waals surface area contributed by atoms with Crippen molar-refractivity contribution < 1.29 is 18.6 Å². The second-order valence-corrected chi connectivity index (χ2v) is 8.68. The fourth-order valence-corrected chi connectivity index (χ4v) is 4.38. The van der Waals surface area contributed by atoms with Gasteiger partial charge in [-0.15, -0.1) is 0 Å². The number of nitriles is 1. The van der Waals surface area contributed by atoms with Crippen LogP contribution in [0.15, 0.2) is 46.9 Å². The summed E-state index contributed by atoms with van der Waals surface area (Å²) < 4.78 is 22.7. The number of methoxy groups -OCH3 is 2. The highest BCUT2D eigenvalue weighted by molar-refractivity contribution is 6.30. The van der Waals surface area contributed by atoms with Gasteiger partial charge in [0.1, 0.15) is 23.3 Å². The third kappa shape index (κ3) is 6.18. The van der Waals surface area contributed by atoms with Crippen LogP contribution in [0.3, 0.4) is 0 Å². The molecule has 1 saturated heterocycles. The summed E-state index contributed by atoms with van der Waals surface area (Å²) in [4.78, 5) is 6.72. The molecule has 1 atom stereocenters. The molecule has 2 aromatic carbocycles. The Kier molecular flexibility index (Phi) is 8.35. The molecule has 184 valence electrons. The molecule has 0 spiro atoms. The first kappa shape index (κ1) is 24.7. The van der Waals surface area contributed by atoms with Crippen LogP contribution in [0.4, 0.5) is 5.88 Å². The second kappa shape index (κ2) is 11.8. The predicted octanol–water partition coefficient (Wildman–Crippen LogP) is 5.43. The van der Waals surface area contributed by atoms with Crippen LogP contribution < -0.4 is 19.5 Å². The summed E-state index contributed by atoms with van der Waals surface area (Å²) >= 11 is 5.92. The number of piperidine rings is 1. The number of anilines is 1. The molecule has 4 rings (SSSR count). The number of benzene rings is 2. The van der Waals surface area contributed by atoms with E-state index in [1.165, 1.54) is 6.42 Å². The average molecular weight is 497 g/mol. The fraction of sp³-hybridized carbons (Fsp3) is 0.385. The van der Waals surface area contributed by atoms with Gasteiger partial charge >= 0.3 is 0 Å². The van der Waals surface area contributed by atoms with Gasteiger partial charge in [-0.05, 0) is 68.4 Å². The summed E-state index contributed by atoms with van der Waals surface area (Å²) in [5.74, 6) is 2.83. The van der Waals surface area contributed by atoms with Crippen LogP contribution in [0.5, 0.6) is 17.2 Å². The van der Waals surface area contributed by atoms with Crippen LogP contribution in [-0.4, -0.2) is 43.7 Å². The van der Waals surface area contributed by atoms with Crippen molar-refractivity contribution in [3.63, 3.8) is 0 Å². The molecule has 1 aromatic heterocycles. The molecule has 35 heavy (non-hydrogen) atoms. The number of ether oxygens (including phenoxy) is 3. The van der Waals surface area contributed by atoms with E-state index in [-0.39, 0.29) is 18.3 Å². The summed E-state index contributed by atoms with van der Waals surface area (Å²) in [5.41, 5.74) is 1.21. The highest BCUT2D eigenvalue weighted by atomic mass is 35.5. The molecule has 0 saturated carbocycles. The van der Waals surface area contributed by atoms with Crippen LogP contribution in [0.25, 0.3) is 0 Å². The number of oxazole rings is 1. The van der Waals surface area contributed by atoms with Crippen molar-refractivity contribution in [2.75, 3.05) is 39.2 Å². The van der Waals surface area contributed by atoms with E-state index in [1.807, 2.05) is 18.2 Å². The maximum absolute atomic E-state index is 9.61. The first-order valence-electron chi connectivity index (χ1n) is 11.6. The predicted molar refractivity (Wildman–Crippen MR) is 133 cm³/mol. The lowest BCUT2D eigenvalue weighted by Crippen LogP contribution is -2.37. The Balaban J connectivity index is 1.52. The van der Waals surface area contributed by atoms with Crippen LogP contribution in [0.1, 0.15) is 42.5 Å². The monoisotopic (exact) mass is 496 g/mol. The Bertz CT molecular complexity index is 1150. The van der Waals surface area contributed by atoms with Gasteiger partial charge < -0.3 is 23.9 Å². The topological polar surface area (TPSA) is 92.8 Å². The number of likely N-dealkylation sites (tertiary alicyclic amines) is 1. The summed E-state index contributed by atoms with van der Waals surface area (Å²) in [7, 11) is 3.32. The smallest absolute Gasteiger partial charge is 0.236 e. The molecule has 1 fully saturated rings. The third-order valence-corrected chi connectivity index (χ3v) is 6.29. The Morgan fingerprint density at radius 2 is 1.83 bits per heavy atom. The van der Waals surface area contributed by atoms with Crippen LogP contribution in [-0.2, 0) is 6.61 Å². The average Bonchev–Trinajstić information content (AvgIpc) is 3.31. The summed E-state index contributed by atoms with van der Waals surface area (Å²) in [6.07, 6.45) is 3.50. The zero-order chi connectivity index (χ0) is 24.6. The van der Waals surface area contributed by atoms with E-state index in [0.29, 0.717) is 29.1 Å². The lowest BCUT2D eigenvalue weighted by Gasteiger charge is -2.35. The molecule has 1 aliphatic rings. The van der Waals surface area contributed by atoms with Gasteiger partial charge in [0.05, 0.1) is 20.3 Å². The molecule has 8 nitrogen and oxygen atoms in total. The standard InChI is InChI=1S/C26H29ClN4O4/c1-32-20-10-11-24(33-2)21(14-20)23(31-12-4-3-5-13-31)16-29-26-22(15-28)30-25(35-26)17-34-19-8-6-18(27)7-9-19/h6-11,14,23,29H,3-5,12-13,16-17H2,1-2H3/t23-/m1/s1. The SMILES string of the molecule is COc1ccc(OC)c([C@@H](CNc2oc(COc3ccc(Cl)cc3)nc2C#N)N2CCCCC2)c1. The first-order valence-corrected chi connectivity index (χ1v) is 12.0. The third-order valence-electron chi connectivity index (χ3n) is 6.04. The molecule has 0 bridgehead atoms. The van der Waals surface area contributed by atoms with Gasteiger partial charge in [0, 0.05) is 17.1 Å². The number of rotatable bonds is 10. The molecule has 0 amide bonds. The molecule has 3 aromatic rings. The van der Waals surface area contributed by atoms with Gasteiger partial charge in [-0.1, -0.05) is 18.0 Å². The second-order valence-electron chi connectivity index (χ2n) is 8.24. The van der Waals surface area contributed by atoms with Crippen LogP contribution in [0, 0.1) is 11.3 Å². The highest BCUT2D eigenvalue weighted by Gasteiger charge is 2.26. The maximum Gasteiger partial charge on any atom is 0.236 e. The van der Waals surface area contributed by atoms with Crippen molar-refractivity contribution in [3.8, 4) is 23.3 Å². The Labute approximate surface area is 210 Å². The minimum Gasteiger partial charge on any atom is -0.497 e. The van der Waals surface area contributed by atoms with E-state index >= 15 is 0 Å². The van der Waals surface area contributed by atoms with Gasteiger partial charge in [0.2, 0.25) is 17.5 Å². The van der Waals surface area contributed by atoms with Gasteiger partial charge in [0.15, 0.2) is 6.61 Å². The van der Waals surface area contributed by atoms with Gasteiger partial charge in [-0.3, -0.25) is 4.90 Å². The van der Waals surface area contributed by atoms with E-state index < -0.39 is 0 Å². The number of hydrogen-bond donors (Lipinski definition) is 1. The van der Waals surface area contributed by atoms with E-state index in [2.05, 4.69) is 21.3 Å². The maximum atomic E-state index is 9.61. The van der Waals surface area contributed by atoms with E-state index in [1.54, 1.807) is 38.5 Å². The zero-order valence-electron chi connectivity index (χ0n) is 19.9. The van der Waals surface area contributed by atoms with Gasteiger partial charge in [-0.25, -0.2) is 0 Å². The van der Waals surface area contributed by atoms with Crippen molar-refractivity contribution in [2.24, 2.45) is 0 Å². The number of nitrogens with zero attached hydrogens (tertiary/aromatic N) is 3. The molecule has 0 unspecified atom stereocenters. The zero-order valence-corrected chi connectivity index (χ0v) is 20.7. The van der Waals surface area contributed by atoms with Crippen molar-refractivity contribution >= 4 is 17.5 Å². The number of halogens is 1. The van der Waals surface area contributed by atoms with Crippen LogP contribution in [0.2, 0.25) is 5.02 Å². The Morgan fingerprint density at radius 3 is 2.51 bits per heavy atom. The largest absolute Gasteiger partial charge is 0.497 e. The highest BCUT2D eigenvalue weighted by Crippen LogP contribution is 2.35. The molecule has 1 aliphatic heterocycles. The number of hydrogen-bond acceptors (Lipinski definition) is 8. The lowest BCUT2D eigenvalue weighted by atomic mass is 10.00. The first-order chi connectivity index (χ1) is 17.1. The van der Waals surface area contributed by atoms with Crippen molar-refractivity contribution in [2.45, 2.75) is 31.9 Å². The lowest BCUT2D eigenvalue weighted by molar-refractivity contribution is 0.167. The molecule has 9 heteroatoms. The van der Waals surface area contributed by atoms with Gasteiger partial charge in [0.25, 0.3) is 0 Å². The molecule has 0 radical (unpaired) electrons. The van der Waals surface area contributed by atoms with Crippen molar-refractivity contribution in [3.05, 3.63) is 64.6 Å². The molecule has 0 aliphatic carbocycles. The summed E-state index contributed by atoms with van der Waals surface area (Å²) in [6.45, 7) is 2.56. The van der Waals surface area contributed by atoms with Crippen molar-refractivity contribution in [1.29, 1.82) is 5.26 Å². The quantitative estimate of drug-likeness (QED) is 0.397. The summed E-state index contributed by atoms with van der Waals surface area (Å²) in [5, 5.41) is 13.6. The Morgan fingerprint density at radius 1 is 1.09 bits per heavy atom. The molecular formula is C26H29ClN4O4. The molecule has 1 N–H and O–H groups in total. The molecular weight excluding hydrogens is 468 g/mol. The van der Waals surface area contributed by atoms with Gasteiger partial charge in [-0.2, -0.15) is 10.2 Å². The normalized spacial score (nSPS) is 14.7. The minimum atomic E-state index is -0.00856. The van der Waals surface area contributed by atoms with Crippen molar-refractivity contribution in [1.82, 2.24) is 9.88 Å². The fourth-order valence-electron chi connectivity index (χ4n) is 4.25.